The summed E-state index contributed by atoms with van der Waals surface area (Å²) in [4.78, 5) is 9.49. The average molecular weight is 1750 g/mol. The molecule has 0 spiro atoms. The van der Waals surface area contributed by atoms with E-state index in [2.05, 4.69) is 258 Å². The van der Waals surface area contributed by atoms with Crippen LogP contribution in [0.1, 0.15) is 27.9 Å². The number of anilines is 17. The molecule has 18 nitrogen and oxygen atoms in total. The summed E-state index contributed by atoms with van der Waals surface area (Å²) in [5.74, 6) is 0.750. The first-order valence-corrected chi connectivity index (χ1v) is 45.8. The Morgan fingerprint density at radius 1 is 0.260 bits per heavy atom. The predicted molar refractivity (Wildman–Crippen MR) is 541 cm³/mol. The molecular formula is C111H92N14O4S2. The number of rotatable bonds is 29. The molecule has 18 rings (SSSR count). The first-order valence-electron chi connectivity index (χ1n) is 42.4. The molecule has 0 radical (unpaired) electrons. The summed E-state index contributed by atoms with van der Waals surface area (Å²) in [6.07, 6.45) is 8.25. The number of hydrazone groups is 4. The van der Waals surface area contributed by atoms with Crippen molar-refractivity contribution >= 4 is 141 Å². The lowest BCUT2D eigenvalue weighted by molar-refractivity contribution is 0.595. The number of hydrogen-bond acceptors (Lipinski definition) is 17. The summed E-state index contributed by atoms with van der Waals surface area (Å²) in [6.45, 7) is 2.06. The van der Waals surface area contributed by atoms with E-state index in [1.165, 1.54) is 6.26 Å². The average Bonchev–Trinajstić information content (AvgIpc) is 1.79. The highest BCUT2D eigenvalue weighted by Crippen LogP contribution is 2.40. The molecular weight excluding hydrogens is 1660 g/mol. The molecule has 0 atom stereocenters. The molecule has 20 heteroatoms. The number of benzene rings is 17. The Morgan fingerprint density at radius 3 is 0.733 bits per heavy atom. The van der Waals surface area contributed by atoms with Crippen molar-refractivity contribution < 1.29 is 16.8 Å². The topological polar surface area (TPSA) is 188 Å². The van der Waals surface area contributed by atoms with Crippen molar-refractivity contribution in [3.63, 3.8) is 0 Å². The smallest absolute Gasteiger partial charge is 0.206 e. The van der Waals surface area contributed by atoms with Gasteiger partial charge in [-0.15, -0.1) is 5.10 Å². The third kappa shape index (κ3) is 23.0. The molecule has 0 aliphatic carbocycles. The Labute approximate surface area is 764 Å². The van der Waals surface area contributed by atoms with Gasteiger partial charge in [-0.25, -0.2) is 26.5 Å². The van der Waals surface area contributed by atoms with Gasteiger partial charge < -0.3 is 19.6 Å². The molecule has 642 valence electrons. The lowest BCUT2D eigenvalue weighted by Gasteiger charge is -2.25. The lowest BCUT2D eigenvalue weighted by Crippen LogP contribution is -2.11. The summed E-state index contributed by atoms with van der Waals surface area (Å²) in [7, 11) is -6.95. The van der Waals surface area contributed by atoms with Gasteiger partial charge in [-0.2, -0.15) is 20.4 Å². The van der Waals surface area contributed by atoms with E-state index < -0.39 is 19.7 Å². The fourth-order valence-corrected chi connectivity index (χ4v) is 16.4. The number of sulfone groups is 2. The Hall–Kier alpha value is -17.1. The zero-order valence-electron chi connectivity index (χ0n) is 71.8. The van der Waals surface area contributed by atoms with Gasteiger partial charge in [-0.3, -0.25) is 16.3 Å². The summed E-state index contributed by atoms with van der Waals surface area (Å²) < 4.78 is 52.0. The van der Waals surface area contributed by atoms with Crippen molar-refractivity contribution in [1.82, 2.24) is 9.78 Å². The molecule has 17 aromatic carbocycles. The molecule has 0 aliphatic rings. The van der Waals surface area contributed by atoms with Gasteiger partial charge in [-0.05, 0) is 272 Å². The van der Waals surface area contributed by atoms with E-state index in [0.29, 0.717) is 17.1 Å². The highest BCUT2D eigenvalue weighted by atomic mass is 32.2. The Kier molecular flexibility index (Phi) is 28.5. The van der Waals surface area contributed by atoms with Crippen molar-refractivity contribution in [1.29, 1.82) is 0 Å². The number of nitrogens with zero attached hydrogens (tertiary/aromatic N) is 11. The maximum absolute atomic E-state index is 13.5. The second-order valence-corrected chi connectivity index (χ2v) is 34.1. The van der Waals surface area contributed by atoms with Gasteiger partial charge in [0.2, 0.25) is 9.84 Å². The minimum absolute atomic E-state index is 0.185. The highest BCUT2D eigenvalue weighted by molar-refractivity contribution is 7.91. The van der Waals surface area contributed by atoms with Gasteiger partial charge in [0.25, 0.3) is 0 Å². The summed E-state index contributed by atoms with van der Waals surface area (Å²) >= 11 is 0. The van der Waals surface area contributed by atoms with Gasteiger partial charge in [-0.1, -0.05) is 231 Å². The van der Waals surface area contributed by atoms with Crippen LogP contribution < -0.4 is 40.9 Å². The Morgan fingerprint density at radius 2 is 0.481 bits per heavy atom. The van der Waals surface area contributed by atoms with Crippen LogP contribution in [0.25, 0.3) is 5.69 Å². The van der Waals surface area contributed by atoms with Crippen LogP contribution in [0.2, 0.25) is 0 Å². The van der Waals surface area contributed by atoms with E-state index in [4.69, 9.17) is 10.2 Å². The molecule has 0 saturated carbocycles. The minimum Gasteiger partial charge on any atom is -0.311 e. The molecule has 0 saturated heterocycles. The lowest BCUT2D eigenvalue weighted by atomic mass is 10.1. The predicted octanol–water partition coefficient (Wildman–Crippen LogP) is 27.2. The molecule has 1 aromatic heterocycles. The van der Waals surface area contributed by atoms with Crippen LogP contribution in [0.3, 0.4) is 0 Å². The number of para-hydroxylation sites is 10. The van der Waals surface area contributed by atoms with Crippen LogP contribution in [0, 0.1) is 6.92 Å². The molecule has 18 aromatic rings. The SMILES string of the molecule is CS(=O)(=O)c1ccc(N/N=C/c2ccc(N(c3ccccc3)c3ccccc3)cc2)cc1.Cc1cc(N(/N=C/c2ccc(N(c3ccccc3)c3ccccc3)cc2)c2ccccc2)nn1-c1ccccc1.O=S(=O)(c1ccc(N/N=C/c2ccc(N(c3ccccc3)c3ccccc3)cc2)cc1)c1ccc(N/N=C/c2ccc(N(c3ccccc3)c3ccccc3)cc2)cc1. The van der Waals surface area contributed by atoms with E-state index in [1.54, 1.807) is 91.4 Å². The van der Waals surface area contributed by atoms with Crippen LogP contribution in [0.4, 0.5) is 96.8 Å². The minimum atomic E-state index is -3.74. The van der Waals surface area contributed by atoms with Crippen LogP contribution >= 0.6 is 0 Å². The molecule has 131 heavy (non-hydrogen) atoms. The van der Waals surface area contributed by atoms with Gasteiger partial charge in [0, 0.05) is 86.3 Å². The number of aryl methyl sites for hydroxylation is 1. The fourth-order valence-electron chi connectivity index (χ4n) is 14.5. The van der Waals surface area contributed by atoms with Gasteiger partial charge in [0.05, 0.1) is 68.0 Å². The number of aromatic nitrogens is 2. The molecule has 0 unspecified atom stereocenters. The molecule has 0 amide bonds. The Bertz CT molecular complexity index is 6680. The van der Waals surface area contributed by atoms with E-state index in [-0.39, 0.29) is 14.7 Å². The summed E-state index contributed by atoms with van der Waals surface area (Å²) in [6, 6.07) is 157. The fraction of sp³-hybridized carbons (Fsp3) is 0.0180. The monoisotopic (exact) mass is 1750 g/mol. The summed E-state index contributed by atoms with van der Waals surface area (Å²) in [5, 5.41) is 24.7. The van der Waals surface area contributed by atoms with Crippen molar-refractivity contribution in [2.75, 3.05) is 47.1 Å². The highest BCUT2D eigenvalue weighted by Gasteiger charge is 2.21. The Balaban J connectivity index is 0.000000152. The third-order valence-electron chi connectivity index (χ3n) is 21.0. The maximum atomic E-state index is 13.5. The van der Waals surface area contributed by atoms with Crippen molar-refractivity contribution in [2.24, 2.45) is 20.4 Å². The molecule has 0 bridgehead atoms. The molecule has 1 heterocycles. The van der Waals surface area contributed by atoms with Crippen LogP contribution in [0.5, 0.6) is 0 Å². The van der Waals surface area contributed by atoms with Crippen LogP contribution in [-0.2, 0) is 19.7 Å². The summed E-state index contributed by atoms with van der Waals surface area (Å²) in [5.41, 5.74) is 30.5. The van der Waals surface area contributed by atoms with Gasteiger partial charge in [0.15, 0.2) is 15.7 Å². The van der Waals surface area contributed by atoms with Gasteiger partial charge >= 0.3 is 0 Å². The van der Waals surface area contributed by atoms with E-state index >= 15 is 0 Å². The van der Waals surface area contributed by atoms with Crippen LogP contribution in [0.15, 0.2) is 514 Å². The first-order chi connectivity index (χ1) is 64.3. The molecule has 0 fully saturated rings. The second-order valence-electron chi connectivity index (χ2n) is 30.1. The van der Waals surface area contributed by atoms with Crippen LogP contribution in [-0.4, -0.2) is 57.7 Å². The normalized spacial score (nSPS) is 11.3. The standard InChI is InChI=1S/C50H40N6O2S.C35H29N5.C26H23N3O2S/c57-59(58,49-33-25-41(26-34-49)53-51-37-39-21-29-47(30-22-39)55(43-13-5-1-6-14-43)44-15-7-2-8-16-44)50-35-27-42(28-36-50)54-52-38-40-23-31-48(32-24-40)56(45-17-9-3-10-18-45)46-19-11-4-12-20-46;1-28-26-35(37-39(28)33-18-10-4-11-19-33)40(34-20-12-5-13-21-34)36-27-29-22-24-32(25-23-29)38(30-14-6-2-7-15-30)31-16-8-3-9-17-31;1-32(30,31)26-18-14-22(15-19-26)28-27-20-21-12-16-25(17-13-21)29(23-8-4-2-5-9-23)24-10-6-3-7-11-24/h1-38,53-54H;2-27H,1H3;2-20,28H,1H3/b51-37+,52-38+;36-27+;27-20+. The van der Waals surface area contributed by atoms with Crippen molar-refractivity contribution in [2.45, 2.75) is 21.6 Å². The number of nitrogens with one attached hydrogen (secondary N) is 3. The van der Waals surface area contributed by atoms with Crippen molar-refractivity contribution in [3.05, 3.63) is 507 Å². The third-order valence-corrected chi connectivity index (χ3v) is 23.9. The zero-order valence-corrected chi connectivity index (χ0v) is 73.4. The van der Waals surface area contributed by atoms with Gasteiger partial charge in [0.1, 0.15) is 0 Å². The van der Waals surface area contributed by atoms with E-state index in [1.807, 2.05) is 222 Å². The molecule has 3 N–H and O–H groups in total. The van der Waals surface area contributed by atoms with Crippen molar-refractivity contribution in [3.8, 4) is 5.69 Å². The quantitative estimate of drug-likeness (QED) is 0.0297. The van der Waals surface area contributed by atoms with E-state index in [9.17, 15) is 16.8 Å². The first kappa shape index (κ1) is 87.4. The molecule has 0 aliphatic heterocycles. The number of hydrogen-bond donors (Lipinski definition) is 3. The second kappa shape index (κ2) is 42.7. The van der Waals surface area contributed by atoms with E-state index in [0.717, 1.165) is 113 Å². The largest absolute Gasteiger partial charge is 0.311 e. The maximum Gasteiger partial charge on any atom is 0.206 e. The zero-order chi connectivity index (χ0) is 89.8.